The van der Waals surface area contributed by atoms with Gasteiger partial charge in [-0.1, -0.05) is 0 Å². The topological polar surface area (TPSA) is 62.7 Å². The molecule has 0 aliphatic carbocycles. The molecular formula is C12H21N5. The quantitative estimate of drug-likeness (QED) is 0.815. The Morgan fingerprint density at radius 3 is 2.35 bits per heavy atom. The predicted octanol–water partition coefficient (Wildman–Crippen LogP) is 1.59. The molecule has 2 N–H and O–H groups in total. The largest absolute Gasteiger partial charge is 0.350 e. The number of nitrogens with zero attached hydrogens (tertiary/aromatic N) is 3. The molecule has 0 radical (unpaired) electrons. The monoisotopic (exact) mass is 235 g/mol. The van der Waals surface area contributed by atoms with E-state index in [9.17, 15) is 0 Å². The number of hydrogen-bond donors (Lipinski definition) is 2. The van der Waals surface area contributed by atoms with Crippen LogP contribution in [0.4, 0.5) is 5.95 Å². The van der Waals surface area contributed by atoms with Gasteiger partial charge in [0.25, 0.3) is 0 Å². The molecule has 1 aliphatic heterocycles. The molecule has 0 bridgehead atoms. The summed E-state index contributed by atoms with van der Waals surface area (Å²) in [6.07, 6.45) is 5.34. The van der Waals surface area contributed by atoms with Crippen molar-refractivity contribution in [3.05, 3.63) is 12.4 Å². The van der Waals surface area contributed by atoms with Gasteiger partial charge < -0.3 is 10.6 Å². The van der Waals surface area contributed by atoms with Gasteiger partial charge in [-0.25, -0.2) is 4.98 Å². The summed E-state index contributed by atoms with van der Waals surface area (Å²) in [5.41, 5.74) is 0.253. The summed E-state index contributed by atoms with van der Waals surface area (Å²) in [6, 6.07) is 0.380. The number of rotatable bonds is 2. The fraction of sp³-hybridized carbons (Fsp3) is 0.750. The highest BCUT2D eigenvalue weighted by Gasteiger charge is 2.37. The fourth-order valence-corrected chi connectivity index (χ4v) is 2.92. The van der Waals surface area contributed by atoms with E-state index in [1.165, 1.54) is 0 Å². The van der Waals surface area contributed by atoms with Crippen LogP contribution in [0.3, 0.4) is 0 Å². The van der Waals surface area contributed by atoms with Gasteiger partial charge in [-0.3, -0.25) is 0 Å². The van der Waals surface area contributed by atoms with Gasteiger partial charge in [0.15, 0.2) is 0 Å². The third-order valence-electron chi connectivity index (χ3n) is 3.01. The highest BCUT2D eigenvalue weighted by molar-refractivity contribution is 5.24. The molecular weight excluding hydrogens is 214 g/mol. The Labute approximate surface area is 102 Å². The van der Waals surface area contributed by atoms with Gasteiger partial charge in [-0.15, -0.1) is 5.10 Å². The average Bonchev–Trinajstić information content (AvgIpc) is 2.13. The highest BCUT2D eigenvalue weighted by atomic mass is 15.2. The number of piperidine rings is 1. The maximum absolute atomic E-state index is 4.16. The van der Waals surface area contributed by atoms with Gasteiger partial charge in [0.05, 0.1) is 12.4 Å². The van der Waals surface area contributed by atoms with Crippen LogP contribution in [-0.2, 0) is 0 Å². The van der Waals surface area contributed by atoms with Crippen LogP contribution in [0.15, 0.2) is 12.4 Å². The highest BCUT2D eigenvalue weighted by Crippen LogP contribution is 2.29. The van der Waals surface area contributed by atoms with Crippen molar-refractivity contribution >= 4 is 5.95 Å². The molecule has 17 heavy (non-hydrogen) atoms. The van der Waals surface area contributed by atoms with E-state index in [0.717, 1.165) is 12.8 Å². The number of hydrogen-bond acceptors (Lipinski definition) is 5. The molecule has 1 aromatic heterocycles. The molecule has 94 valence electrons. The van der Waals surface area contributed by atoms with Crippen LogP contribution in [0.25, 0.3) is 0 Å². The first kappa shape index (κ1) is 12.2. The van der Waals surface area contributed by atoms with E-state index in [1.54, 1.807) is 12.4 Å². The normalized spacial score (nSPS) is 23.3. The maximum atomic E-state index is 4.16. The molecule has 0 amide bonds. The lowest BCUT2D eigenvalue weighted by molar-refractivity contribution is 0.170. The Morgan fingerprint density at radius 2 is 1.82 bits per heavy atom. The number of nitrogens with one attached hydrogen (secondary N) is 2. The molecule has 1 aliphatic rings. The van der Waals surface area contributed by atoms with Gasteiger partial charge >= 0.3 is 0 Å². The van der Waals surface area contributed by atoms with E-state index in [1.807, 2.05) is 0 Å². The Kier molecular flexibility index (Phi) is 3.03. The fourth-order valence-electron chi connectivity index (χ4n) is 2.92. The lowest BCUT2D eigenvalue weighted by Crippen LogP contribution is -2.60. The van der Waals surface area contributed by atoms with Crippen LogP contribution < -0.4 is 10.6 Å². The first-order valence-corrected chi connectivity index (χ1v) is 6.06. The lowest BCUT2D eigenvalue weighted by atomic mass is 9.80. The van der Waals surface area contributed by atoms with Crippen LogP contribution in [0.5, 0.6) is 0 Å². The maximum Gasteiger partial charge on any atom is 0.242 e. The minimum absolute atomic E-state index is 0.127. The molecule has 2 rings (SSSR count). The molecule has 2 heterocycles. The Balaban J connectivity index is 2.06. The van der Waals surface area contributed by atoms with Crippen LogP contribution in [0.1, 0.15) is 40.5 Å². The van der Waals surface area contributed by atoms with Gasteiger partial charge in [-0.05, 0) is 40.5 Å². The summed E-state index contributed by atoms with van der Waals surface area (Å²) < 4.78 is 0. The molecule has 1 fully saturated rings. The Hall–Kier alpha value is -1.23. The molecule has 0 spiro atoms. The van der Waals surface area contributed by atoms with Crippen LogP contribution in [0.2, 0.25) is 0 Å². The van der Waals surface area contributed by atoms with Crippen molar-refractivity contribution in [2.45, 2.75) is 57.7 Å². The van der Waals surface area contributed by atoms with E-state index >= 15 is 0 Å². The number of aromatic nitrogens is 3. The number of anilines is 1. The van der Waals surface area contributed by atoms with E-state index in [-0.39, 0.29) is 11.1 Å². The van der Waals surface area contributed by atoms with Crippen molar-refractivity contribution in [3.63, 3.8) is 0 Å². The first-order valence-electron chi connectivity index (χ1n) is 6.06. The van der Waals surface area contributed by atoms with Gasteiger partial charge in [0.2, 0.25) is 5.95 Å². The van der Waals surface area contributed by atoms with Crippen molar-refractivity contribution < 1.29 is 0 Å². The average molecular weight is 235 g/mol. The van der Waals surface area contributed by atoms with E-state index < -0.39 is 0 Å². The summed E-state index contributed by atoms with van der Waals surface area (Å²) in [7, 11) is 0. The minimum atomic E-state index is 0.127. The molecule has 1 aromatic rings. The van der Waals surface area contributed by atoms with Crippen LogP contribution in [-0.4, -0.2) is 32.3 Å². The van der Waals surface area contributed by atoms with Gasteiger partial charge in [0.1, 0.15) is 0 Å². The first-order chi connectivity index (χ1) is 7.86. The summed E-state index contributed by atoms with van der Waals surface area (Å²) in [4.78, 5) is 4.16. The van der Waals surface area contributed by atoms with Crippen molar-refractivity contribution in [1.82, 2.24) is 20.5 Å². The zero-order valence-electron chi connectivity index (χ0n) is 11.0. The van der Waals surface area contributed by atoms with Crippen LogP contribution in [0, 0.1) is 0 Å². The van der Waals surface area contributed by atoms with Crippen LogP contribution >= 0.6 is 0 Å². The van der Waals surface area contributed by atoms with Crippen molar-refractivity contribution in [1.29, 1.82) is 0 Å². The molecule has 0 aromatic carbocycles. The van der Waals surface area contributed by atoms with Gasteiger partial charge in [0, 0.05) is 17.1 Å². The lowest BCUT2D eigenvalue weighted by Gasteiger charge is -2.46. The van der Waals surface area contributed by atoms with Crippen molar-refractivity contribution in [3.8, 4) is 0 Å². The third-order valence-corrected chi connectivity index (χ3v) is 3.01. The summed E-state index contributed by atoms with van der Waals surface area (Å²) >= 11 is 0. The molecule has 1 saturated heterocycles. The zero-order chi connectivity index (χ0) is 12.5. The minimum Gasteiger partial charge on any atom is -0.350 e. The Bertz CT molecular complexity index is 358. The standard InChI is InChI=1S/C12H21N5/c1-11(2)7-9(8-12(3,4)17-11)15-10-13-5-6-14-16-10/h5-6,9,17H,7-8H2,1-4H3,(H,13,15,16). The SMILES string of the molecule is CC1(C)CC(Nc2nccnn2)CC(C)(C)N1. The smallest absolute Gasteiger partial charge is 0.242 e. The Morgan fingerprint density at radius 1 is 1.18 bits per heavy atom. The van der Waals surface area contributed by atoms with Gasteiger partial charge in [-0.2, -0.15) is 5.10 Å². The van der Waals surface area contributed by atoms with E-state index in [2.05, 4.69) is 53.5 Å². The van der Waals surface area contributed by atoms with Crippen molar-refractivity contribution in [2.24, 2.45) is 0 Å². The molecule has 0 saturated carbocycles. The van der Waals surface area contributed by atoms with E-state index in [4.69, 9.17) is 0 Å². The summed E-state index contributed by atoms with van der Waals surface area (Å²) in [5.74, 6) is 0.617. The molecule has 0 unspecified atom stereocenters. The second kappa shape index (κ2) is 4.22. The molecule has 5 nitrogen and oxygen atoms in total. The van der Waals surface area contributed by atoms with E-state index in [0.29, 0.717) is 12.0 Å². The summed E-state index contributed by atoms with van der Waals surface area (Å²) in [5, 5.41) is 14.8. The van der Waals surface area contributed by atoms with Crippen molar-refractivity contribution in [2.75, 3.05) is 5.32 Å². The predicted molar refractivity (Wildman–Crippen MR) is 67.8 cm³/mol. The zero-order valence-corrected chi connectivity index (χ0v) is 11.0. The second-order valence-corrected chi connectivity index (χ2v) is 6.11. The summed E-state index contributed by atoms with van der Waals surface area (Å²) in [6.45, 7) is 8.92. The second-order valence-electron chi connectivity index (χ2n) is 6.11. The third kappa shape index (κ3) is 3.36. The molecule has 0 atom stereocenters. The molecule has 5 heteroatoms.